The number of anilines is 1. The second kappa shape index (κ2) is 6.87. The largest absolute Gasteiger partial charge is 0.322 e. The molecule has 2 aromatic carbocycles. The third kappa shape index (κ3) is 4.17. The fourth-order valence-electron chi connectivity index (χ4n) is 1.78. The first-order valence-corrected chi connectivity index (χ1v) is 6.83. The number of nitrogens with zero attached hydrogens (tertiary/aromatic N) is 1. The standard InChI is InChI=1S/C16H13ClN2O3/c1-11-2-8-14(19(21)22)10-15(11)18-16(20)9-5-12-3-6-13(17)7-4-12/h2-10H,1H3,(H,18,20). The summed E-state index contributed by atoms with van der Waals surface area (Å²) in [7, 11) is 0. The van der Waals surface area contributed by atoms with E-state index in [0.717, 1.165) is 11.1 Å². The molecule has 0 saturated carbocycles. The maximum atomic E-state index is 11.9. The summed E-state index contributed by atoms with van der Waals surface area (Å²) in [5.41, 5.74) is 1.93. The van der Waals surface area contributed by atoms with Crippen LogP contribution >= 0.6 is 11.6 Å². The van der Waals surface area contributed by atoms with Crippen molar-refractivity contribution >= 4 is 35.0 Å². The van der Waals surface area contributed by atoms with E-state index in [2.05, 4.69) is 5.32 Å². The number of amides is 1. The van der Waals surface area contributed by atoms with Gasteiger partial charge in [-0.2, -0.15) is 0 Å². The lowest BCUT2D eigenvalue weighted by Crippen LogP contribution is -2.09. The fraction of sp³-hybridized carbons (Fsp3) is 0.0625. The second-order valence-electron chi connectivity index (χ2n) is 4.63. The Hall–Kier alpha value is -2.66. The van der Waals surface area contributed by atoms with Crippen molar-refractivity contribution in [1.82, 2.24) is 0 Å². The molecule has 0 aliphatic rings. The fourth-order valence-corrected chi connectivity index (χ4v) is 1.90. The maximum absolute atomic E-state index is 11.9. The molecule has 2 rings (SSSR count). The molecule has 6 heteroatoms. The van der Waals surface area contributed by atoms with Gasteiger partial charge in [-0.25, -0.2) is 0 Å². The number of nitro benzene ring substituents is 1. The molecule has 0 aliphatic heterocycles. The lowest BCUT2D eigenvalue weighted by Gasteiger charge is -2.06. The molecule has 0 radical (unpaired) electrons. The summed E-state index contributed by atoms with van der Waals surface area (Å²) in [4.78, 5) is 22.1. The van der Waals surface area contributed by atoms with Crippen molar-refractivity contribution in [2.45, 2.75) is 6.92 Å². The number of halogens is 1. The minimum atomic E-state index is -0.501. The summed E-state index contributed by atoms with van der Waals surface area (Å²) in [6, 6.07) is 11.3. The Bertz CT molecular complexity index is 740. The number of carbonyl (C=O) groups excluding carboxylic acids is 1. The molecule has 0 aliphatic carbocycles. The Morgan fingerprint density at radius 3 is 2.55 bits per heavy atom. The predicted octanol–water partition coefficient (Wildman–Crippen LogP) is 4.21. The van der Waals surface area contributed by atoms with E-state index in [0.29, 0.717) is 10.7 Å². The Morgan fingerprint density at radius 1 is 1.23 bits per heavy atom. The Kier molecular flexibility index (Phi) is 4.91. The summed E-state index contributed by atoms with van der Waals surface area (Å²) in [5, 5.41) is 14.0. The van der Waals surface area contributed by atoms with Gasteiger partial charge in [-0.1, -0.05) is 29.8 Å². The molecule has 0 aromatic heterocycles. The number of hydrogen-bond acceptors (Lipinski definition) is 3. The van der Waals surface area contributed by atoms with Crippen molar-refractivity contribution in [1.29, 1.82) is 0 Å². The zero-order valence-electron chi connectivity index (χ0n) is 11.7. The van der Waals surface area contributed by atoms with Gasteiger partial charge in [0.25, 0.3) is 5.69 Å². The molecule has 0 heterocycles. The molecule has 0 spiro atoms. The molecule has 22 heavy (non-hydrogen) atoms. The molecule has 0 bridgehead atoms. The van der Waals surface area contributed by atoms with Crippen LogP contribution in [0.25, 0.3) is 6.08 Å². The third-order valence-electron chi connectivity index (χ3n) is 2.99. The van der Waals surface area contributed by atoms with Gasteiger partial charge in [0.15, 0.2) is 0 Å². The summed E-state index contributed by atoms with van der Waals surface area (Å²) >= 11 is 5.78. The highest BCUT2D eigenvalue weighted by Gasteiger charge is 2.09. The highest BCUT2D eigenvalue weighted by molar-refractivity contribution is 6.30. The average molecular weight is 317 g/mol. The van der Waals surface area contributed by atoms with Gasteiger partial charge < -0.3 is 5.32 Å². The van der Waals surface area contributed by atoms with Crippen molar-refractivity contribution in [3.63, 3.8) is 0 Å². The maximum Gasteiger partial charge on any atom is 0.271 e. The molecule has 5 nitrogen and oxygen atoms in total. The number of aryl methyl sites for hydroxylation is 1. The van der Waals surface area contributed by atoms with Crippen LogP contribution in [0, 0.1) is 17.0 Å². The van der Waals surface area contributed by atoms with Gasteiger partial charge in [-0.3, -0.25) is 14.9 Å². The number of non-ortho nitro benzene ring substituents is 1. The van der Waals surface area contributed by atoms with E-state index in [9.17, 15) is 14.9 Å². The van der Waals surface area contributed by atoms with Crippen LogP contribution in [0.15, 0.2) is 48.5 Å². The minimum absolute atomic E-state index is 0.0671. The highest BCUT2D eigenvalue weighted by atomic mass is 35.5. The van der Waals surface area contributed by atoms with Crippen LogP contribution in [0.1, 0.15) is 11.1 Å². The predicted molar refractivity (Wildman–Crippen MR) is 86.9 cm³/mol. The Labute approximate surface area is 132 Å². The van der Waals surface area contributed by atoms with Gasteiger partial charge in [0.1, 0.15) is 0 Å². The molecule has 0 atom stereocenters. The van der Waals surface area contributed by atoms with Crippen LogP contribution in [0.3, 0.4) is 0 Å². The average Bonchev–Trinajstić information content (AvgIpc) is 2.48. The van der Waals surface area contributed by atoms with Gasteiger partial charge >= 0.3 is 0 Å². The lowest BCUT2D eigenvalue weighted by molar-refractivity contribution is -0.384. The van der Waals surface area contributed by atoms with Crippen LogP contribution in [0.2, 0.25) is 5.02 Å². The van der Waals surface area contributed by atoms with Crippen LogP contribution < -0.4 is 5.32 Å². The van der Waals surface area contributed by atoms with E-state index < -0.39 is 4.92 Å². The van der Waals surface area contributed by atoms with E-state index in [1.807, 2.05) is 0 Å². The molecule has 1 amide bonds. The number of rotatable bonds is 4. The number of carbonyl (C=O) groups is 1. The second-order valence-corrected chi connectivity index (χ2v) is 5.07. The zero-order valence-corrected chi connectivity index (χ0v) is 12.5. The summed E-state index contributed by atoms with van der Waals surface area (Å²) in [6.45, 7) is 1.77. The minimum Gasteiger partial charge on any atom is -0.322 e. The van der Waals surface area contributed by atoms with Crippen LogP contribution in [-0.4, -0.2) is 10.8 Å². The topological polar surface area (TPSA) is 72.2 Å². The highest BCUT2D eigenvalue weighted by Crippen LogP contribution is 2.21. The van der Waals surface area contributed by atoms with Crippen molar-refractivity contribution in [3.05, 3.63) is 74.8 Å². The first-order valence-electron chi connectivity index (χ1n) is 6.45. The van der Waals surface area contributed by atoms with Crippen molar-refractivity contribution in [3.8, 4) is 0 Å². The van der Waals surface area contributed by atoms with Gasteiger partial charge in [-0.05, 0) is 36.3 Å². The first kappa shape index (κ1) is 15.7. The summed E-state index contributed by atoms with van der Waals surface area (Å²) in [6.07, 6.45) is 3.00. The quantitative estimate of drug-likeness (QED) is 0.521. The molecule has 1 N–H and O–H groups in total. The molecule has 0 fully saturated rings. The van der Waals surface area contributed by atoms with E-state index >= 15 is 0 Å². The van der Waals surface area contributed by atoms with E-state index in [1.54, 1.807) is 43.3 Å². The Balaban J connectivity index is 2.10. The number of hydrogen-bond donors (Lipinski definition) is 1. The Morgan fingerprint density at radius 2 is 1.91 bits per heavy atom. The first-order chi connectivity index (χ1) is 10.5. The van der Waals surface area contributed by atoms with Gasteiger partial charge in [0.05, 0.1) is 10.6 Å². The van der Waals surface area contributed by atoms with Crippen molar-refractivity contribution in [2.75, 3.05) is 5.32 Å². The van der Waals surface area contributed by atoms with Crippen LogP contribution in [0.5, 0.6) is 0 Å². The van der Waals surface area contributed by atoms with Gasteiger partial charge in [-0.15, -0.1) is 0 Å². The van der Waals surface area contributed by atoms with Crippen molar-refractivity contribution in [2.24, 2.45) is 0 Å². The summed E-state index contributed by atoms with van der Waals surface area (Å²) in [5.74, 6) is -0.362. The van der Waals surface area contributed by atoms with E-state index in [4.69, 9.17) is 11.6 Å². The van der Waals surface area contributed by atoms with Gasteiger partial charge in [0.2, 0.25) is 5.91 Å². The van der Waals surface area contributed by atoms with Crippen LogP contribution in [0.4, 0.5) is 11.4 Å². The van der Waals surface area contributed by atoms with Crippen molar-refractivity contribution < 1.29 is 9.72 Å². The molecule has 2 aromatic rings. The molecular formula is C16H13ClN2O3. The van der Waals surface area contributed by atoms with E-state index in [1.165, 1.54) is 18.2 Å². The monoisotopic (exact) mass is 316 g/mol. The number of nitrogens with one attached hydrogen (secondary N) is 1. The number of benzene rings is 2. The van der Waals surface area contributed by atoms with Crippen LogP contribution in [-0.2, 0) is 4.79 Å². The number of nitro groups is 1. The molecule has 0 saturated heterocycles. The molecule has 0 unspecified atom stereocenters. The third-order valence-corrected chi connectivity index (χ3v) is 3.24. The lowest BCUT2D eigenvalue weighted by atomic mass is 10.1. The summed E-state index contributed by atoms with van der Waals surface area (Å²) < 4.78 is 0. The molecule has 112 valence electrons. The molecular weight excluding hydrogens is 304 g/mol. The van der Waals surface area contributed by atoms with Gasteiger partial charge in [0, 0.05) is 23.2 Å². The zero-order chi connectivity index (χ0) is 16.1. The normalized spacial score (nSPS) is 10.6. The van der Waals surface area contributed by atoms with E-state index in [-0.39, 0.29) is 11.6 Å². The SMILES string of the molecule is Cc1ccc([N+](=O)[O-])cc1NC(=O)C=Cc1ccc(Cl)cc1. The smallest absolute Gasteiger partial charge is 0.271 e.